The van der Waals surface area contributed by atoms with Gasteiger partial charge in [-0.2, -0.15) is 0 Å². The fourth-order valence-electron chi connectivity index (χ4n) is 2.61. The summed E-state index contributed by atoms with van der Waals surface area (Å²) >= 11 is 0. The molecule has 8 nitrogen and oxygen atoms in total. The number of hydrogen-bond donors (Lipinski definition) is 2. The minimum absolute atomic E-state index is 0.183. The second-order valence-corrected chi connectivity index (χ2v) is 5.18. The molecule has 0 unspecified atom stereocenters. The topological polar surface area (TPSA) is 102 Å². The molecule has 2 aromatic heterocycles. The highest BCUT2D eigenvalue weighted by atomic mass is 16.5. The van der Waals surface area contributed by atoms with Gasteiger partial charge in [0.1, 0.15) is 18.7 Å². The maximum atomic E-state index is 12.2. The predicted octanol–water partition coefficient (Wildman–Crippen LogP) is -0.356. The lowest BCUT2D eigenvalue weighted by molar-refractivity contribution is -0.0432. The Morgan fingerprint density at radius 2 is 2.24 bits per heavy atom. The summed E-state index contributed by atoms with van der Waals surface area (Å²) in [5, 5.41) is 18.9. The largest absolute Gasteiger partial charge is 0.394 e. The summed E-state index contributed by atoms with van der Waals surface area (Å²) in [4.78, 5) is 20.7. The zero-order valence-electron chi connectivity index (χ0n) is 11.7. The number of ether oxygens (including phenoxy) is 1. The van der Waals surface area contributed by atoms with E-state index in [2.05, 4.69) is 9.97 Å². The van der Waals surface area contributed by atoms with E-state index in [0.29, 0.717) is 18.6 Å². The summed E-state index contributed by atoms with van der Waals surface area (Å²) in [5.41, 5.74) is 0.539. The molecular weight excluding hydrogens is 276 g/mol. The smallest absolute Gasteiger partial charge is 0.281 e. The Labute approximate surface area is 120 Å². The quantitative estimate of drug-likeness (QED) is 0.798. The molecule has 21 heavy (non-hydrogen) atoms. The Balaban J connectivity index is 1.98. The normalized spacial score (nSPS) is 25.8. The summed E-state index contributed by atoms with van der Waals surface area (Å²) in [6.07, 6.45) is 2.33. The predicted molar refractivity (Wildman–Crippen MR) is 73.7 cm³/mol. The fraction of sp³-hybridized carbons (Fsp3) is 0.615. The summed E-state index contributed by atoms with van der Waals surface area (Å²) < 4.78 is 8.73. The van der Waals surface area contributed by atoms with Gasteiger partial charge in [0.05, 0.1) is 19.0 Å². The molecule has 0 amide bonds. The number of aliphatic hydroxyl groups excluding tert-OH is 2. The van der Waals surface area contributed by atoms with Gasteiger partial charge in [0.25, 0.3) is 5.56 Å². The van der Waals surface area contributed by atoms with E-state index in [-0.39, 0.29) is 17.7 Å². The molecule has 0 bridgehead atoms. The minimum atomic E-state index is -0.738. The van der Waals surface area contributed by atoms with E-state index in [1.807, 2.05) is 6.92 Å². The van der Waals surface area contributed by atoms with Crippen molar-refractivity contribution in [3.63, 3.8) is 0 Å². The van der Waals surface area contributed by atoms with Crippen LogP contribution in [0.5, 0.6) is 0 Å². The first kappa shape index (κ1) is 14.2. The summed E-state index contributed by atoms with van der Waals surface area (Å²) in [6, 6.07) is 0. The molecule has 1 aliphatic heterocycles. The van der Waals surface area contributed by atoms with Crippen LogP contribution in [-0.2, 0) is 11.3 Å². The number of aromatic nitrogens is 4. The van der Waals surface area contributed by atoms with Crippen molar-refractivity contribution in [3.05, 3.63) is 23.0 Å². The van der Waals surface area contributed by atoms with Crippen LogP contribution in [0, 0.1) is 0 Å². The van der Waals surface area contributed by atoms with Crippen molar-refractivity contribution in [2.45, 2.75) is 44.7 Å². The van der Waals surface area contributed by atoms with Crippen molar-refractivity contribution >= 4 is 11.2 Å². The van der Waals surface area contributed by atoms with E-state index in [4.69, 9.17) is 9.84 Å². The molecule has 8 heteroatoms. The Kier molecular flexibility index (Phi) is 3.75. The standard InChI is InChI=1S/C13H18N4O4/c1-2-3-16-6-15-12-11(13(16)20)14-7-17(12)10-4-8(19)9(5-18)21-10/h6-10,18-19H,2-5H2,1H3/t8-,9+,10+/m0/s1. The van der Waals surface area contributed by atoms with E-state index in [0.717, 1.165) is 6.42 Å². The van der Waals surface area contributed by atoms with Gasteiger partial charge in [-0.05, 0) is 6.42 Å². The third kappa shape index (κ3) is 2.35. The van der Waals surface area contributed by atoms with Crippen LogP contribution in [0.3, 0.4) is 0 Å². The molecule has 3 rings (SSSR count). The molecule has 0 aromatic carbocycles. The number of aryl methyl sites for hydroxylation is 1. The monoisotopic (exact) mass is 294 g/mol. The first-order valence-electron chi connectivity index (χ1n) is 7.02. The lowest BCUT2D eigenvalue weighted by Gasteiger charge is -2.13. The van der Waals surface area contributed by atoms with Crippen molar-refractivity contribution in [1.82, 2.24) is 19.1 Å². The van der Waals surface area contributed by atoms with Gasteiger partial charge >= 0.3 is 0 Å². The maximum Gasteiger partial charge on any atom is 0.281 e. The third-order valence-electron chi connectivity index (χ3n) is 3.71. The summed E-state index contributed by atoms with van der Waals surface area (Å²) in [7, 11) is 0. The second kappa shape index (κ2) is 5.55. The highest BCUT2D eigenvalue weighted by Gasteiger charge is 2.35. The van der Waals surface area contributed by atoms with E-state index in [9.17, 15) is 9.90 Å². The Bertz CT molecular complexity index is 695. The molecule has 2 N–H and O–H groups in total. The van der Waals surface area contributed by atoms with Crippen LogP contribution in [0.25, 0.3) is 11.2 Å². The average molecular weight is 294 g/mol. The number of imidazole rings is 1. The van der Waals surface area contributed by atoms with Gasteiger partial charge in [-0.15, -0.1) is 0 Å². The molecule has 0 saturated carbocycles. The molecule has 0 spiro atoms. The van der Waals surface area contributed by atoms with Gasteiger partial charge in [0.2, 0.25) is 0 Å². The molecular formula is C13H18N4O4. The van der Waals surface area contributed by atoms with E-state index in [1.54, 1.807) is 4.57 Å². The molecule has 1 fully saturated rings. The number of rotatable bonds is 4. The van der Waals surface area contributed by atoms with Gasteiger partial charge in [-0.1, -0.05) is 6.92 Å². The lowest BCUT2D eigenvalue weighted by atomic mass is 10.2. The van der Waals surface area contributed by atoms with Crippen LogP contribution in [0.4, 0.5) is 0 Å². The molecule has 0 radical (unpaired) electrons. The van der Waals surface area contributed by atoms with E-state index >= 15 is 0 Å². The number of aliphatic hydroxyl groups is 2. The zero-order valence-corrected chi connectivity index (χ0v) is 11.7. The molecule has 3 heterocycles. The Morgan fingerprint density at radius 1 is 1.43 bits per heavy atom. The molecule has 1 aliphatic rings. The molecule has 114 valence electrons. The maximum absolute atomic E-state index is 12.2. The molecule has 3 atom stereocenters. The van der Waals surface area contributed by atoms with Crippen molar-refractivity contribution in [2.75, 3.05) is 6.61 Å². The lowest BCUT2D eigenvalue weighted by Crippen LogP contribution is -2.24. The Hall–Kier alpha value is -1.77. The third-order valence-corrected chi connectivity index (χ3v) is 3.71. The van der Waals surface area contributed by atoms with Gasteiger partial charge in [0.15, 0.2) is 11.2 Å². The van der Waals surface area contributed by atoms with Crippen molar-refractivity contribution in [2.24, 2.45) is 0 Å². The summed E-state index contributed by atoms with van der Waals surface area (Å²) in [5.74, 6) is 0. The minimum Gasteiger partial charge on any atom is -0.394 e. The highest BCUT2D eigenvalue weighted by Crippen LogP contribution is 2.29. The van der Waals surface area contributed by atoms with Crippen LogP contribution >= 0.6 is 0 Å². The van der Waals surface area contributed by atoms with E-state index < -0.39 is 18.4 Å². The average Bonchev–Trinajstić information content (AvgIpc) is 3.05. The van der Waals surface area contributed by atoms with Crippen LogP contribution in [0.1, 0.15) is 26.0 Å². The fourth-order valence-corrected chi connectivity index (χ4v) is 2.61. The van der Waals surface area contributed by atoms with Crippen molar-refractivity contribution < 1.29 is 14.9 Å². The van der Waals surface area contributed by atoms with Crippen LogP contribution in [0.2, 0.25) is 0 Å². The van der Waals surface area contributed by atoms with Crippen molar-refractivity contribution in [1.29, 1.82) is 0 Å². The van der Waals surface area contributed by atoms with E-state index in [1.165, 1.54) is 17.2 Å². The number of nitrogens with zero attached hydrogens (tertiary/aromatic N) is 4. The van der Waals surface area contributed by atoms with Crippen LogP contribution < -0.4 is 5.56 Å². The SMILES string of the molecule is CCCn1cnc2c(ncn2[C@H]2C[C@H](O)[C@@H](CO)O2)c1=O. The summed E-state index contributed by atoms with van der Waals surface area (Å²) in [6.45, 7) is 2.33. The van der Waals surface area contributed by atoms with Gasteiger partial charge < -0.3 is 14.9 Å². The molecule has 0 aliphatic carbocycles. The second-order valence-electron chi connectivity index (χ2n) is 5.18. The molecule has 2 aromatic rings. The molecule has 1 saturated heterocycles. The number of fused-ring (bicyclic) bond motifs is 1. The van der Waals surface area contributed by atoms with Crippen LogP contribution in [-0.4, -0.2) is 48.1 Å². The number of hydrogen-bond acceptors (Lipinski definition) is 6. The van der Waals surface area contributed by atoms with Crippen LogP contribution in [0.15, 0.2) is 17.4 Å². The van der Waals surface area contributed by atoms with Gasteiger partial charge in [-0.3, -0.25) is 13.9 Å². The first-order valence-corrected chi connectivity index (χ1v) is 7.02. The zero-order chi connectivity index (χ0) is 15.0. The van der Waals surface area contributed by atoms with Crippen molar-refractivity contribution in [3.8, 4) is 0 Å². The highest BCUT2D eigenvalue weighted by molar-refractivity contribution is 5.69. The van der Waals surface area contributed by atoms with Gasteiger partial charge in [0, 0.05) is 13.0 Å². The Morgan fingerprint density at radius 3 is 2.90 bits per heavy atom. The van der Waals surface area contributed by atoms with Gasteiger partial charge in [-0.25, -0.2) is 9.97 Å². The first-order chi connectivity index (χ1) is 10.2.